The topological polar surface area (TPSA) is 64.4 Å². The highest BCUT2D eigenvalue weighted by atomic mass is 19.4. The fourth-order valence-corrected chi connectivity index (χ4v) is 1.75. The van der Waals surface area contributed by atoms with Gasteiger partial charge in [0.1, 0.15) is 0 Å². The lowest BCUT2D eigenvalue weighted by Gasteiger charge is -2.28. The Morgan fingerprint density at radius 1 is 1.35 bits per heavy atom. The number of nitro benzene ring substituents is 1. The summed E-state index contributed by atoms with van der Waals surface area (Å²) in [6.07, 6.45) is -4.68. The van der Waals surface area contributed by atoms with Gasteiger partial charge in [-0.3, -0.25) is 10.1 Å². The predicted molar refractivity (Wildman–Crippen MR) is 67.7 cm³/mol. The number of non-ortho nitro benzene ring substituents is 1. The van der Waals surface area contributed by atoms with Crippen molar-refractivity contribution in [3.8, 4) is 0 Å². The number of hydrogen-bond donors (Lipinski definition) is 1. The van der Waals surface area contributed by atoms with Crippen molar-refractivity contribution in [3.05, 3.63) is 33.9 Å². The third-order valence-corrected chi connectivity index (χ3v) is 2.50. The summed E-state index contributed by atoms with van der Waals surface area (Å²) in [5.74, 6) is 0. The first-order valence-electron chi connectivity index (χ1n) is 5.69. The number of hydrogen-bond acceptors (Lipinski definition) is 4. The largest absolute Gasteiger partial charge is 0.418 e. The predicted octanol–water partition coefficient (Wildman–Crippen LogP) is 3.45. The van der Waals surface area contributed by atoms with E-state index in [4.69, 9.17) is 4.74 Å². The molecule has 0 saturated carbocycles. The van der Waals surface area contributed by atoms with Crippen LogP contribution in [0.2, 0.25) is 0 Å². The van der Waals surface area contributed by atoms with Crippen molar-refractivity contribution in [3.63, 3.8) is 0 Å². The summed E-state index contributed by atoms with van der Waals surface area (Å²) in [6, 6.07) is 2.60. The molecule has 20 heavy (non-hydrogen) atoms. The second-order valence-electron chi connectivity index (χ2n) is 4.93. The van der Waals surface area contributed by atoms with Crippen molar-refractivity contribution in [1.82, 2.24) is 0 Å². The Morgan fingerprint density at radius 3 is 2.40 bits per heavy atom. The average Bonchev–Trinajstić information content (AvgIpc) is 2.26. The SMILES string of the molecule is COCC(C)(C)Nc1ccc([N+](=O)[O-])cc1C(F)(F)F. The van der Waals surface area contributed by atoms with Gasteiger partial charge in [-0.1, -0.05) is 0 Å². The summed E-state index contributed by atoms with van der Waals surface area (Å²) in [4.78, 5) is 9.72. The van der Waals surface area contributed by atoms with Crippen LogP contribution in [0.15, 0.2) is 18.2 Å². The lowest BCUT2D eigenvalue weighted by atomic mass is 10.0. The summed E-state index contributed by atoms with van der Waals surface area (Å²) in [5, 5.41) is 13.3. The molecule has 0 saturated heterocycles. The van der Waals surface area contributed by atoms with Crippen molar-refractivity contribution in [2.24, 2.45) is 0 Å². The molecule has 0 fully saturated rings. The molecule has 0 atom stereocenters. The average molecular weight is 292 g/mol. The number of alkyl halides is 3. The van der Waals surface area contributed by atoms with Crippen LogP contribution in [0.3, 0.4) is 0 Å². The third-order valence-electron chi connectivity index (χ3n) is 2.50. The van der Waals surface area contributed by atoms with Gasteiger partial charge in [-0.25, -0.2) is 0 Å². The van der Waals surface area contributed by atoms with E-state index in [2.05, 4.69) is 5.32 Å². The van der Waals surface area contributed by atoms with E-state index in [1.807, 2.05) is 0 Å². The summed E-state index contributed by atoms with van der Waals surface area (Å²) in [7, 11) is 1.43. The maximum Gasteiger partial charge on any atom is 0.418 e. The molecule has 0 spiro atoms. The van der Waals surface area contributed by atoms with Gasteiger partial charge < -0.3 is 10.1 Å². The highest BCUT2D eigenvalue weighted by Crippen LogP contribution is 2.38. The molecule has 1 N–H and O–H groups in total. The smallest absolute Gasteiger partial charge is 0.382 e. The Kier molecular flexibility index (Phi) is 4.59. The number of rotatable bonds is 5. The number of halogens is 3. The van der Waals surface area contributed by atoms with Gasteiger partial charge in [-0.05, 0) is 19.9 Å². The summed E-state index contributed by atoms with van der Waals surface area (Å²) < 4.78 is 43.8. The van der Waals surface area contributed by atoms with E-state index in [1.54, 1.807) is 13.8 Å². The van der Waals surface area contributed by atoms with Crippen molar-refractivity contribution in [2.75, 3.05) is 19.0 Å². The van der Waals surface area contributed by atoms with E-state index in [-0.39, 0.29) is 12.3 Å². The van der Waals surface area contributed by atoms with Crippen LogP contribution < -0.4 is 5.32 Å². The Morgan fingerprint density at radius 2 is 1.95 bits per heavy atom. The zero-order valence-corrected chi connectivity index (χ0v) is 11.2. The maximum absolute atomic E-state index is 13.0. The van der Waals surface area contributed by atoms with Gasteiger partial charge in [0, 0.05) is 24.9 Å². The molecule has 5 nitrogen and oxygen atoms in total. The van der Waals surface area contributed by atoms with Crippen molar-refractivity contribution in [1.29, 1.82) is 0 Å². The Hall–Kier alpha value is -1.83. The molecule has 0 amide bonds. The molecule has 0 radical (unpaired) electrons. The molecule has 0 aliphatic rings. The van der Waals surface area contributed by atoms with Crippen LogP contribution in [0.25, 0.3) is 0 Å². The number of benzene rings is 1. The summed E-state index contributed by atoms with van der Waals surface area (Å²) in [6.45, 7) is 3.51. The molecule has 0 unspecified atom stereocenters. The molecule has 0 aromatic heterocycles. The van der Waals surface area contributed by atoms with Crippen LogP contribution in [0.1, 0.15) is 19.4 Å². The van der Waals surface area contributed by atoms with E-state index in [0.717, 1.165) is 12.1 Å². The van der Waals surface area contributed by atoms with Gasteiger partial charge in [0.15, 0.2) is 0 Å². The Balaban J connectivity index is 3.22. The highest BCUT2D eigenvalue weighted by Gasteiger charge is 2.36. The van der Waals surface area contributed by atoms with Crippen LogP contribution in [-0.2, 0) is 10.9 Å². The first-order chi connectivity index (χ1) is 9.07. The molecular weight excluding hydrogens is 277 g/mol. The minimum Gasteiger partial charge on any atom is -0.382 e. The number of ether oxygens (including phenoxy) is 1. The van der Waals surface area contributed by atoms with Crippen LogP contribution in [0, 0.1) is 10.1 Å². The Labute approximate surface area is 113 Å². The lowest BCUT2D eigenvalue weighted by molar-refractivity contribution is -0.385. The third kappa shape index (κ3) is 4.09. The summed E-state index contributed by atoms with van der Waals surface area (Å²) in [5.41, 5.74) is -2.64. The second-order valence-corrected chi connectivity index (χ2v) is 4.93. The molecule has 112 valence electrons. The normalized spacial score (nSPS) is 12.3. The van der Waals surface area contributed by atoms with Crippen LogP contribution in [0.4, 0.5) is 24.5 Å². The molecule has 1 rings (SSSR count). The highest BCUT2D eigenvalue weighted by molar-refractivity contribution is 5.58. The monoisotopic (exact) mass is 292 g/mol. The Bertz CT molecular complexity index is 501. The van der Waals surface area contributed by atoms with Crippen molar-refractivity contribution >= 4 is 11.4 Å². The standard InChI is InChI=1S/C12H15F3N2O3/c1-11(2,7-20-3)16-10-5-4-8(17(18)19)6-9(10)12(13,14)15/h4-6,16H,7H2,1-3H3. The molecule has 0 aliphatic carbocycles. The molecular formula is C12H15F3N2O3. The van der Waals surface area contributed by atoms with Crippen molar-refractivity contribution < 1.29 is 22.8 Å². The number of nitro groups is 1. The molecule has 0 aliphatic heterocycles. The minimum absolute atomic E-state index is 0.182. The van der Waals surface area contributed by atoms with Gasteiger partial charge in [-0.15, -0.1) is 0 Å². The second kappa shape index (κ2) is 5.66. The van der Waals surface area contributed by atoms with Gasteiger partial charge in [0.2, 0.25) is 0 Å². The fraction of sp³-hybridized carbons (Fsp3) is 0.500. The number of nitrogens with one attached hydrogen (secondary N) is 1. The van der Waals surface area contributed by atoms with Crippen LogP contribution in [-0.4, -0.2) is 24.2 Å². The molecule has 1 aromatic rings. The van der Waals surface area contributed by atoms with E-state index in [9.17, 15) is 23.3 Å². The van der Waals surface area contributed by atoms with E-state index in [1.165, 1.54) is 7.11 Å². The number of nitrogens with zero attached hydrogens (tertiary/aromatic N) is 1. The molecule has 0 heterocycles. The molecule has 0 bridgehead atoms. The fourth-order valence-electron chi connectivity index (χ4n) is 1.75. The van der Waals surface area contributed by atoms with Gasteiger partial charge in [0.25, 0.3) is 5.69 Å². The van der Waals surface area contributed by atoms with Crippen LogP contribution >= 0.6 is 0 Å². The van der Waals surface area contributed by atoms with Gasteiger partial charge in [-0.2, -0.15) is 13.2 Å². The lowest BCUT2D eigenvalue weighted by Crippen LogP contribution is -2.36. The zero-order chi connectivity index (χ0) is 15.6. The number of anilines is 1. The van der Waals surface area contributed by atoms with Gasteiger partial charge >= 0.3 is 6.18 Å². The maximum atomic E-state index is 13.0. The summed E-state index contributed by atoms with van der Waals surface area (Å²) >= 11 is 0. The minimum atomic E-state index is -4.68. The molecule has 1 aromatic carbocycles. The first-order valence-corrected chi connectivity index (χ1v) is 5.69. The van der Waals surface area contributed by atoms with E-state index in [0.29, 0.717) is 6.07 Å². The van der Waals surface area contributed by atoms with Gasteiger partial charge in [0.05, 0.1) is 22.6 Å². The first kappa shape index (κ1) is 16.2. The van der Waals surface area contributed by atoms with E-state index < -0.39 is 27.9 Å². The van der Waals surface area contributed by atoms with Crippen molar-refractivity contribution in [2.45, 2.75) is 25.6 Å². The quantitative estimate of drug-likeness (QED) is 0.667. The van der Waals surface area contributed by atoms with E-state index >= 15 is 0 Å². The van der Waals surface area contributed by atoms with Crippen LogP contribution in [0.5, 0.6) is 0 Å². The zero-order valence-electron chi connectivity index (χ0n) is 11.2. The number of methoxy groups -OCH3 is 1. The molecule has 8 heteroatoms.